The lowest BCUT2D eigenvalue weighted by Gasteiger charge is -2.12. The first kappa shape index (κ1) is 21.2. The van der Waals surface area contributed by atoms with E-state index in [1.165, 1.54) is 12.1 Å². The average molecular weight is 368 g/mol. The Kier molecular flexibility index (Phi) is 10.5. The second-order valence-electron chi connectivity index (χ2n) is 4.39. The molecule has 0 bridgehead atoms. The summed E-state index contributed by atoms with van der Waals surface area (Å²) in [5.74, 6) is 0.554. The number of rotatable bonds is 9. The molecule has 22 heavy (non-hydrogen) atoms. The molecular formula is C13H22ClN3O3S2. The number of sulfonamides is 1. The minimum absolute atomic E-state index is 0. The fourth-order valence-corrected chi connectivity index (χ4v) is 3.10. The summed E-state index contributed by atoms with van der Waals surface area (Å²) in [4.78, 5) is 11.8. The van der Waals surface area contributed by atoms with Crippen LogP contribution in [0.15, 0.2) is 35.2 Å². The molecule has 6 nitrogen and oxygen atoms in total. The Balaban J connectivity index is 0.00000441. The molecule has 0 aliphatic heterocycles. The third kappa shape index (κ3) is 7.46. The van der Waals surface area contributed by atoms with E-state index in [0.717, 1.165) is 5.75 Å². The van der Waals surface area contributed by atoms with Crippen molar-refractivity contribution in [2.24, 2.45) is 5.73 Å². The first-order valence-corrected chi connectivity index (χ1v) is 9.42. The van der Waals surface area contributed by atoms with Gasteiger partial charge in [-0.25, -0.2) is 13.1 Å². The third-order valence-corrected chi connectivity index (χ3v) is 4.86. The molecule has 0 unspecified atom stereocenters. The monoisotopic (exact) mass is 367 g/mol. The van der Waals surface area contributed by atoms with E-state index in [1.54, 1.807) is 30.0 Å². The Labute approximate surface area is 142 Å². The Hall–Kier alpha value is -0.800. The second-order valence-corrected chi connectivity index (χ2v) is 7.14. The Bertz CT molecular complexity index is 541. The smallest absolute Gasteiger partial charge is 0.240 e. The lowest BCUT2D eigenvalue weighted by Crippen LogP contribution is -2.43. The predicted molar refractivity (Wildman–Crippen MR) is 92.9 cm³/mol. The molecule has 1 amide bonds. The van der Waals surface area contributed by atoms with E-state index in [1.807, 2.05) is 6.26 Å². The Morgan fingerprint density at radius 3 is 2.50 bits per heavy atom. The van der Waals surface area contributed by atoms with Gasteiger partial charge in [-0.3, -0.25) is 4.79 Å². The molecule has 1 aromatic carbocycles. The van der Waals surface area contributed by atoms with Crippen LogP contribution in [0.25, 0.3) is 0 Å². The maximum absolute atomic E-state index is 11.9. The van der Waals surface area contributed by atoms with Gasteiger partial charge in [0.2, 0.25) is 15.9 Å². The summed E-state index contributed by atoms with van der Waals surface area (Å²) >= 11 is 1.63. The number of amides is 1. The van der Waals surface area contributed by atoms with Gasteiger partial charge in [0.05, 0.1) is 10.9 Å². The molecule has 126 valence electrons. The summed E-state index contributed by atoms with van der Waals surface area (Å²) in [6, 6.07) is 7.53. The van der Waals surface area contributed by atoms with Gasteiger partial charge >= 0.3 is 0 Å². The van der Waals surface area contributed by atoms with Crippen LogP contribution in [0.2, 0.25) is 0 Å². The van der Waals surface area contributed by atoms with Crippen LogP contribution in [0.1, 0.15) is 6.42 Å². The zero-order valence-corrected chi connectivity index (χ0v) is 14.8. The minimum Gasteiger partial charge on any atom is -0.353 e. The highest BCUT2D eigenvalue weighted by atomic mass is 35.5. The first-order valence-electron chi connectivity index (χ1n) is 6.54. The van der Waals surface area contributed by atoms with Gasteiger partial charge in [0.1, 0.15) is 0 Å². The van der Waals surface area contributed by atoms with Gasteiger partial charge in [-0.15, -0.1) is 12.4 Å². The van der Waals surface area contributed by atoms with Crippen LogP contribution in [-0.4, -0.2) is 45.5 Å². The van der Waals surface area contributed by atoms with Crippen LogP contribution in [-0.2, 0) is 14.8 Å². The number of carbonyl (C=O) groups is 1. The highest BCUT2D eigenvalue weighted by molar-refractivity contribution is 7.98. The van der Waals surface area contributed by atoms with Crippen molar-refractivity contribution in [1.82, 2.24) is 10.0 Å². The number of benzene rings is 1. The quantitative estimate of drug-likeness (QED) is 0.554. The zero-order chi connectivity index (χ0) is 15.7. The van der Waals surface area contributed by atoms with E-state index < -0.39 is 16.1 Å². The molecule has 1 atom stereocenters. The van der Waals surface area contributed by atoms with E-state index in [2.05, 4.69) is 10.0 Å². The second kappa shape index (κ2) is 10.8. The summed E-state index contributed by atoms with van der Waals surface area (Å²) in [5, 5.41) is 2.62. The molecule has 1 rings (SSSR count). The predicted octanol–water partition coefficient (Wildman–Crippen LogP) is 0.583. The van der Waals surface area contributed by atoms with Crippen molar-refractivity contribution in [2.45, 2.75) is 17.4 Å². The van der Waals surface area contributed by atoms with Crippen LogP contribution >= 0.6 is 24.2 Å². The van der Waals surface area contributed by atoms with Crippen molar-refractivity contribution < 1.29 is 13.2 Å². The molecule has 0 saturated heterocycles. The molecule has 0 radical (unpaired) electrons. The Morgan fingerprint density at radius 2 is 1.91 bits per heavy atom. The summed E-state index contributed by atoms with van der Waals surface area (Å²) in [6.45, 7) is 0.329. The lowest BCUT2D eigenvalue weighted by atomic mass is 10.2. The number of halogens is 1. The summed E-state index contributed by atoms with van der Waals surface area (Å²) in [7, 11) is -3.53. The fraction of sp³-hybridized carbons (Fsp3) is 0.462. The van der Waals surface area contributed by atoms with Crippen molar-refractivity contribution in [3.63, 3.8) is 0 Å². The normalized spacial score (nSPS) is 12.3. The van der Waals surface area contributed by atoms with Gasteiger partial charge in [-0.2, -0.15) is 11.8 Å². The summed E-state index contributed by atoms with van der Waals surface area (Å²) < 4.78 is 26.2. The van der Waals surface area contributed by atoms with Gasteiger partial charge in [0, 0.05) is 13.1 Å². The molecule has 0 aromatic heterocycles. The van der Waals surface area contributed by atoms with Crippen LogP contribution < -0.4 is 15.8 Å². The molecule has 0 aliphatic rings. The summed E-state index contributed by atoms with van der Waals surface area (Å²) in [5.41, 5.74) is 5.70. The van der Waals surface area contributed by atoms with Crippen LogP contribution in [0.4, 0.5) is 0 Å². The molecule has 0 heterocycles. The maximum atomic E-state index is 11.9. The maximum Gasteiger partial charge on any atom is 0.240 e. The van der Waals surface area contributed by atoms with Gasteiger partial charge in [-0.1, -0.05) is 18.2 Å². The molecule has 0 fully saturated rings. The van der Waals surface area contributed by atoms with E-state index in [4.69, 9.17) is 5.73 Å². The van der Waals surface area contributed by atoms with E-state index in [-0.39, 0.29) is 36.3 Å². The summed E-state index contributed by atoms with van der Waals surface area (Å²) in [6.07, 6.45) is 2.55. The first-order chi connectivity index (χ1) is 9.97. The highest BCUT2D eigenvalue weighted by Gasteiger charge is 2.14. The molecule has 4 N–H and O–H groups in total. The average Bonchev–Trinajstić information content (AvgIpc) is 2.49. The molecule has 1 aromatic rings. The fourth-order valence-electron chi connectivity index (χ4n) is 1.56. The number of carbonyl (C=O) groups excluding carboxylic acids is 1. The van der Waals surface area contributed by atoms with Crippen LogP contribution in [0.5, 0.6) is 0 Å². The van der Waals surface area contributed by atoms with Crippen molar-refractivity contribution in [1.29, 1.82) is 0 Å². The number of nitrogens with one attached hydrogen (secondary N) is 2. The van der Waals surface area contributed by atoms with Crippen molar-refractivity contribution >= 4 is 40.1 Å². The SMILES string of the molecule is CSCC[C@H](N)C(=O)NCCNS(=O)(=O)c1ccccc1.Cl. The number of nitrogens with two attached hydrogens (primary N) is 1. The van der Waals surface area contributed by atoms with Crippen molar-refractivity contribution in [2.75, 3.05) is 25.1 Å². The van der Waals surface area contributed by atoms with Crippen molar-refractivity contribution in [3.05, 3.63) is 30.3 Å². The molecule has 0 saturated carbocycles. The van der Waals surface area contributed by atoms with Gasteiger partial charge in [-0.05, 0) is 30.6 Å². The topological polar surface area (TPSA) is 101 Å². The largest absolute Gasteiger partial charge is 0.353 e. The minimum atomic E-state index is -3.53. The lowest BCUT2D eigenvalue weighted by molar-refractivity contribution is -0.122. The number of hydrogen-bond acceptors (Lipinski definition) is 5. The van der Waals surface area contributed by atoms with Gasteiger partial charge in [0.15, 0.2) is 0 Å². The van der Waals surface area contributed by atoms with Gasteiger partial charge < -0.3 is 11.1 Å². The number of thioether (sulfide) groups is 1. The van der Waals surface area contributed by atoms with Gasteiger partial charge in [0.25, 0.3) is 0 Å². The Morgan fingerprint density at radius 1 is 1.27 bits per heavy atom. The third-order valence-electron chi connectivity index (χ3n) is 2.74. The molecular weight excluding hydrogens is 346 g/mol. The van der Waals surface area contributed by atoms with E-state index >= 15 is 0 Å². The van der Waals surface area contributed by atoms with E-state index in [9.17, 15) is 13.2 Å². The van der Waals surface area contributed by atoms with Crippen LogP contribution in [0.3, 0.4) is 0 Å². The molecule has 9 heteroatoms. The van der Waals surface area contributed by atoms with E-state index in [0.29, 0.717) is 6.42 Å². The standard InChI is InChI=1S/C13H21N3O3S2.ClH/c1-20-10-7-12(14)13(17)15-8-9-16-21(18,19)11-5-3-2-4-6-11;/h2-6,12,16H,7-10,14H2,1H3,(H,15,17);1H/t12-;/m0./s1. The molecule has 0 spiro atoms. The van der Waals surface area contributed by atoms with Crippen LogP contribution in [0, 0.1) is 0 Å². The van der Waals surface area contributed by atoms with Crippen molar-refractivity contribution in [3.8, 4) is 0 Å². The molecule has 0 aliphatic carbocycles. The zero-order valence-electron chi connectivity index (χ0n) is 12.3. The highest BCUT2D eigenvalue weighted by Crippen LogP contribution is 2.06. The number of hydrogen-bond donors (Lipinski definition) is 3.